The van der Waals surface area contributed by atoms with Gasteiger partial charge in [0.05, 0.1) is 0 Å². The first-order valence-electron chi connectivity index (χ1n) is 6.14. The van der Waals surface area contributed by atoms with Crippen LogP contribution in [0.15, 0.2) is 30.5 Å². The molecule has 0 amide bonds. The van der Waals surface area contributed by atoms with E-state index < -0.39 is 0 Å². The van der Waals surface area contributed by atoms with Crippen molar-refractivity contribution in [1.82, 2.24) is 15.3 Å². The van der Waals surface area contributed by atoms with Gasteiger partial charge in [0.1, 0.15) is 11.6 Å². The van der Waals surface area contributed by atoms with Crippen LogP contribution in [0, 0.1) is 5.82 Å². The first-order valence-corrected chi connectivity index (χ1v) is 6.14. The first-order chi connectivity index (χ1) is 8.63. The Morgan fingerprint density at radius 3 is 2.67 bits per heavy atom. The lowest BCUT2D eigenvalue weighted by Crippen LogP contribution is -2.21. The molecule has 1 aromatic carbocycles. The second kappa shape index (κ2) is 5.78. The summed E-state index contributed by atoms with van der Waals surface area (Å²) >= 11 is 0. The second-order valence-electron chi connectivity index (χ2n) is 4.69. The van der Waals surface area contributed by atoms with Crippen molar-refractivity contribution in [3.05, 3.63) is 53.4 Å². The largest absolute Gasteiger partial charge is 0.345 e. The zero-order valence-electron chi connectivity index (χ0n) is 10.7. The number of aromatic amines is 1. The van der Waals surface area contributed by atoms with Crippen molar-refractivity contribution in [2.45, 2.75) is 32.9 Å². The molecule has 4 heteroatoms. The number of aromatic nitrogens is 2. The van der Waals surface area contributed by atoms with Crippen LogP contribution in [0.25, 0.3) is 0 Å². The Hall–Kier alpha value is -1.68. The summed E-state index contributed by atoms with van der Waals surface area (Å²) < 4.78 is 12.8. The summed E-state index contributed by atoms with van der Waals surface area (Å²) in [7, 11) is 0. The lowest BCUT2D eigenvalue weighted by molar-refractivity contribution is 0.582. The van der Waals surface area contributed by atoms with Crippen molar-refractivity contribution in [2.75, 3.05) is 0 Å². The minimum atomic E-state index is -0.208. The van der Waals surface area contributed by atoms with Crippen molar-refractivity contribution in [3.63, 3.8) is 0 Å². The van der Waals surface area contributed by atoms with Crippen LogP contribution in [0.5, 0.6) is 0 Å². The third-order valence-electron chi connectivity index (χ3n) is 2.67. The van der Waals surface area contributed by atoms with E-state index in [4.69, 9.17) is 0 Å². The molecule has 96 valence electrons. The van der Waals surface area contributed by atoms with E-state index in [9.17, 15) is 4.39 Å². The standard InChI is InChI=1S/C14H18FN3/c1-10(2)16-8-13-9-17-14(18-13)7-11-3-5-12(15)6-4-11/h3-6,9-10,16H,7-8H2,1-2H3,(H,17,18). The molecule has 3 nitrogen and oxygen atoms in total. The number of nitrogens with one attached hydrogen (secondary N) is 2. The van der Waals surface area contributed by atoms with E-state index in [1.165, 1.54) is 12.1 Å². The van der Waals surface area contributed by atoms with Gasteiger partial charge >= 0.3 is 0 Å². The molecular formula is C14H18FN3. The molecule has 0 spiro atoms. The maximum absolute atomic E-state index is 12.8. The van der Waals surface area contributed by atoms with Crippen LogP contribution in [0.1, 0.15) is 30.9 Å². The number of nitrogens with zero attached hydrogens (tertiary/aromatic N) is 1. The number of H-pyrrole nitrogens is 1. The van der Waals surface area contributed by atoms with Crippen molar-refractivity contribution < 1.29 is 4.39 Å². The molecule has 2 rings (SSSR count). The van der Waals surface area contributed by atoms with Crippen LogP contribution in [-0.2, 0) is 13.0 Å². The number of hydrogen-bond donors (Lipinski definition) is 2. The highest BCUT2D eigenvalue weighted by molar-refractivity contribution is 5.20. The molecular weight excluding hydrogens is 229 g/mol. The highest BCUT2D eigenvalue weighted by Gasteiger charge is 2.03. The van der Waals surface area contributed by atoms with Crippen LogP contribution in [0.2, 0.25) is 0 Å². The van der Waals surface area contributed by atoms with Crippen molar-refractivity contribution >= 4 is 0 Å². The fourth-order valence-electron chi connectivity index (χ4n) is 1.70. The Balaban J connectivity index is 1.95. The molecule has 18 heavy (non-hydrogen) atoms. The van der Waals surface area contributed by atoms with Crippen LogP contribution in [0.3, 0.4) is 0 Å². The average Bonchev–Trinajstić information content (AvgIpc) is 2.77. The molecule has 0 aliphatic heterocycles. The summed E-state index contributed by atoms with van der Waals surface area (Å²) in [4.78, 5) is 7.59. The third kappa shape index (κ3) is 3.67. The minimum absolute atomic E-state index is 0.208. The zero-order valence-corrected chi connectivity index (χ0v) is 10.7. The van der Waals surface area contributed by atoms with Gasteiger partial charge in [0.25, 0.3) is 0 Å². The molecule has 1 heterocycles. The molecule has 0 saturated heterocycles. The molecule has 0 fully saturated rings. The Bertz CT molecular complexity index is 488. The molecule has 0 aliphatic rings. The number of hydrogen-bond acceptors (Lipinski definition) is 2. The number of halogens is 1. The average molecular weight is 247 g/mol. The Morgan fingerprint density at radius 2 is 2.00 bits per heavy atom. The van der Waals surface area contributed by atoms with E-state index in [1.54, 1.807) is 12.1 Å². The number of benzene rings is 1. The summed E-state index contributed by atoms with van der Waals surface area (Å²) in [5, 5.41) is 3.33. The summed E-state index contributed by atoms with van der Waals surface area (Å²) in [6.07, 6.45) is 2.54. The van der Waals surface area contributed by atoms with Gasteiger partial charge in [0.2, 0.25) is 0 Å². The number of imidazole rings is 1. The smallest absolute Gasteiger partial charge is 0.123 e. The van der Waals surface area contributed by atoms with E-state index in [1.807, 2.05) is 6.20 Å². The van der Waals surface area contributed by atoms with Crippen LogP contribution < -0.4 is 5.32 Å². The van der Waals surface area contributed by atoms with Gasteiger partial charge in [-0.3, -0.25) is 0 Å². The number of rotatable bonds is 5. The third-order valence-corrected chi connectivity index (χ3v) is 2.67. The molecule has 2 N–H and O–H groups in total. The van der Waals surface area contributed by atoms with Gasteiger partial charge in [-0.2, -0.15) is 0 Å². The monoisotopic (exact) mass is 247 g/mol. The molecule has 0 atom stereocenters. The summed E-state index contributed by atoms with van der Waals surface area (Å²) in [5.74, 6) is 0.696. The van der Waals surface area contributed by atoms with Crippen molar-refractivity contribution in [1.29, 1.82) is 0 Å². The second-order valence-corrected chi connectivity index (χ2v) is 4.69. The SMILES string of the molecule is CC(C)NCc1cnc(Cc2ccc(F)cc2)[nH]1. The van der Waals surface area contributed by atoms with E-state index in [0.717, 1.165) is 23.6 Å². The normalized spacial score (nSPS) is 11.1. The van der Waals surface area contributed by atoms with Crippen LogP contribution in [0.4, 0.5) is 4.39 Å². The fraction of sp³-hybridized carbons (Fsp3) is 0.357. The van der Waals surface area contributed by atoms with Gasteiger partial charge in [-0.05, 0) is 17.7 Å². The minimum Gasteiger partial charge on any atom is -0.345 e. The predicted octanol–water partition coefficient (Wildman–Crippen LogP) is 2.64. The maximum Gasteiger partial charge on any atom is 0.123 e. The molecule has 1 aromatic heterocycles. The summed E-state index contributed by atoms with van der Waals surface area (Å²) in [6.45, 7) is 5.00. The predicted molar refractivity (Wildman–Crippen MR) is 69.8 cm³/mol. The van der Waals surface area contributed by atoms with Crippen molar-refractivity contribution in [3.8, 4) is 0 Å². The first kappa shape index (κ1) is 12.8. The Morgan fingerprint density at radius 1 is 1.28 bits per heavy atom. The van der Waals surface area contributed by atoms with Crippen LogP contribution >= 0.6 is 0 Å². The quantitative estimate of drug-likeness (QED) is 0.852. The topological polar surface area (TPSA) is 40.7 Å². The lowest BCUT2D eigenvalue weighted by Gasteiger charge is -2.05. The van der Waals surface area contributed by atoms with E-state index in [2.05, 4.69) is 29.1 Å². The van der Waals surface area contributed by atoms with Gasteiger partial charge in [0, 0.05) is 30.9 Å². The van der Waals surface area contributed by atoms with Crippen molar-refractivity contribution in [2.24, 2.45) is 0 Å². The highest BCUT2D eigenvalue weighted by atomic mass is 19.1. The van der Waals surface area contributed by atoms with E-state index in [0.29, 0.717) is 12.5 Å². The van der Waals surface area contributed by atoms with E-state index >= 15 is 0 Å². The van der Waals surface area contributed by atoms with Gasteiger partial charge < -0.3 is 10.3 Å². The molecule has 0 unspecified atom stereocenters. The Kier molecular flexibility index (Phi) is 4.10. The maximum atomic E-state index is 12.8. The molecule has 0 bridgehead atoms. The molecule has 0 radical (unpaired) electrons. The molecule has 2 aromatic rings. The summed E-state index contributed by atoms with van der Waals surface area (Å²) in [5.41, 5.74) is 2.12. The summed E-state index contributed by atoms with van der Waals surface area (Å²) in [6, 6.07) is 6.96. The molecule has 0 saturated carbocycles. The van der Waals surface area contributed by atoms with Gasteiger partial charge in [-0.1, -0.05) is 26.0 Å². The fourth-order valence-corrected chi connectivity index (χ4v) is 1.70. The highest BCUT2D eigenvalue weighted by Crippen LogP contribution is 2.08. The van der Waals surface area contributed by atoms with Gasteiger partial charge in [-0.15, -0.1) is 0 Å². The Labute approximate surface area is 106 Å². The molecule has 0 aliphatic carbocycles. The van der Waals surface area contributed by atoms with Gasteiger partial charge in [0.15, 0.2) is 0 Å². The van der Waals surface area contributed by atoms with Gasteiger partial charge in [-0.25, -0.2) is 9.37 Å². The van der Waals surface area contributed by atoms with Crippen LogP contribution in [-0.4, -0.2) is 16.0 Å². The zero-order chi connectivity index (χ0) is 13.0. The van der Waals surface area contributed by atoms with E-state index in [-0.39, 0.29) is 5.82 Å². The lowest BCUT2D eigenvalue weighted by atomic mass is 10.1.